The summed E-state index contributed by atoms with van der Waals surface area (Å²) in [5.41, 5.74) is 0.917. The zero-order valence-corrected chi connectivity index (χ0v) is 11.5. The van der Waals surface area contributed by atoms with E-state index in [2.05, 4.69) is 39.1 Å². The number of aryl methyl sites for hydroxylation is 1. The van der Waals surface area contributed by atoms with Crippen molar-refractivity contribution in [3.63, 3.8) is 0 Å². The smallest absolute Gasteiger partial charge is 0.0998 e. The molecule has 1 aliphatic rings. The Balaban J connectivity index is 2.34. The molecule has 1 aromatic heterocycles. The Morgan fingerprint density at radius 2 is 2.06 bits per heavy atom. The Kier molecular flexibility index (Phi) is 2.92. The fraction of sp³-hybridized carbons (Fsp3) is 0.714. The van der Waals surface area contributed by atoms with Gasteiger partial charge in [-0.3, -0.25) is 0 Å². The van der Waals surface area contributed by atoms with Crippen molar-refractivity contribution in [2.45, 2.75) is 52.6 Å². The third kappa shape index (κ3) is 2.18. The normalized spacial score (nSPS) is 33.9. The summed E-state index contributed by atoms with van der Waals surface area (Å²) in [6.45, 7) is 8.91. The van der Waals surface area contributed by atoms with Crippen LogP contribution in [0, 0.1) is 18.3 Å². The second-order valence-electron chi connectivity index (χ2n) is 6.32. The van der Waals surface area contributed by atoms with Gasteiger partial charge in [0.05, 0.1) is 5.60 Å². The van der Waals surface area contributed by atoms with Crippen LogP contribution < -0.4 is 0 Å². The highest BCUT2D eigenvalue weighted by atomic mass is 32.1. The second-order valence-corrected chi connectivity index (χ2v) is 7.23. The van der Waals surface area contributed by atoms with Crippen molar-refractivity contribution in [2.24, 2.45) is 11.3 Å². The predicted octanol–water partition coefficient (Wildman–Crippen LogP) is 4.09. The summed E-state index contributed by atoms with van der Waals surface area (Å²) in [7, 11) is 0. The standard InChI is InChI=1S/C14H22OS/c1-10-7-13(3,4)9-14(15,8-10)12-11(2)5-6-16-12/h5-6,10,15H,7-9H2,1-4H3. The third-order valence-corrected chi connectivity index (χ3v) is 4.85. The first-order chi connectivity index (χ1) is 7.32. The quantitative estimate of drug-likeness (QED) is 0.781. The van der Waals surface area contributed by atoms with Gasteiger partial charge < -0.3 is 5.11 Å². The second kappa shape index (κ2) is 3.85. The van der Waals surface area contributed by atoms with Crippen LogP contribution in [0.2, 0.25) is 0 Å². The minimum atomic E-state index is -0.584. The van der Waals surface area contributed by atoms with Gasteiger partial charge in [0.25, 0.3) is 0 Å². The van der Waals surface area contributed by atoms with Gasteiger partial charge in [0, 0.05) is 4.88 Å². The fourth-order valence-corrected chi connectivity index (χ4v) is 4.59. The van der Waals surface area contributed by atoms with E-state index in [1.807, 2.05) is 0 Å². The summed E-state index contributed by atoms with van der Waals surface area (Å²) in [4.78, 5) is 1.19. The van der Waals surface area contributed by atoms with Crippen LogP contribution in [-0.4, -0.2) is 5.11 Å². The highest BCUT2D eigenvalue weighted by molar-refractivity contribution is 7.10. The lowest BCUT2D eigenvalue weighted by Gasteiger charge is -2.44. The molecule has 0 saturated heterocycles. The van der Waals surface area contributed by atoms with E-state index in [9.17, 15) is 5.11 Å². The molecule has 2 rings (SSSR count). The van der Waals surface area contributed by atoms with E-state index in [4.69, 9.17) is 0 Å². The molecule has 1 saturated carbocycles. The molecule has 2 heteroatoms. The van der Waals surface area contributed by atoms with Crippen LogP contribution in [0.25, 0.3) is 0 Å². The zero-order chi connectivity index (χ0) is 12.0. The van der Waals surface area contributed by atoms with Gasteiger partial charge in [-0.1, -0.05) is 20.8 Å². The summed E-state index contributed by atoms with van der Waals surface area (Å²) >= 11 is 1.71. The lowest BCUT2D eigenvalue weighted by atomic mass is 9.65. The Hall–Kier alpha value is -0.340. The number of aliphatic hydroxyl groups is 1. The van der Waals surface area contributed by atoms with E-state index in [1.54, 1.807) is 11.3 Å². The molecule has 2 atom stereocenters. The monoisotopic (exact) mass is 238 g/mol. The summed E-state index contributed by atoms with van der Waals surface area (Å²) in [6.07, 6.45) is 3.03. The van der Waals surface area contributed by atoms with E-state index in [-0.39, 0.29) is 5.41 Å². The lowest BCUT2D eigenvalue weighted by Crippen LogP contribution is -2.39. The van der Waals surface area contributed by atoms with Gasteiger partial charge >= 0.3 is 0 Å². The molecule has 0 radical (unpaired) electrons. The molecular formula is C14H22OS. The number of thiophene rings is 1. The van der Waals surface area contributed by atoms with Gasteiger partial charge in [0.15, 0.2) is 0 Å². The molecule has 16 heavy (non-hydrogen) atoms. The minimum Gasteiger partial charge on any atom is -0.384 e. The van der Waals surface area contributed by atoms with Crippen LogP contribution in [0.15, 0.2) is 11.4 Å². The molecule has 90 valence electrons. The van der Waals surface area contributed by atoms with E-state index in [0.717, 1.165) is 12.8 Å². The molecule has 0 amide bonds. The fourth-order valence-electron chi connectivity index (χ4n) is 3.55. The van der Waals surface area contributed by atoms with Crippen molar-refractivity contribution < 1.29 is 5.11 Å². The van der Waals surface area contributed by atoms with Gasteiger partial charge in [-0.2, -0.15) is 0 Å². The van der Waals surface area contributed by atoms with Crippen LogP contribution in [0.5, 0.6) is 0 Å². The summed E-state index contributed by atoms with van der Waals surface area (Å²) in [5, 5.41) is 13.0. The molecule has 1 nitrogen and oxygen atoms in total. The first-order valence-corrected chi connectivity index (χ1v) is 6.97. The van der Waals surface area contributed by atoms with Crippen molar-refractivity contribution in [1.82, 2.24) is 0 Å². The molecule has 1 fully saturated rings. The van der Waals surface area contributed by atoms with Crippen LogP contribution in [0.1, 0.15) is 50.5 Å². The summed E-state index contributed by atoms with van der Waals surface area (Å²) < 4.78 is 0. The molecule has 0 spiro atoms. The molecule has 0 bridgehead atoms. The number of hydrogen-bond acceptors (Lipinski definition) is 2. The van der Waals surface area contributed by atoms with Crippen LogP contribution >= 0.6 is 11.3 Å². The molecular weight excluding hydrogens is 216 g/mol. The van der Waals surface area contributed by atoms with E-state index >= 15 is 0 Å². The molecule has 0 aliphatic heterocycles. The van der Waals surface area contributed by atoms with Gasteiger partial charge in [-0.05, 0) is 54.5 Å². The van der Waals surface area contributed by atoms with Crippen LogP contribution in [0.4, 0.5) is 0 Å². The van der Waals surface area contributed by atoms with Gasteiger partial charge in [0.1, 0.15) is 0 Å². The van der Waals surface area contributed by atoms with Gasteiger partial charge in [-0.25, -0.2) is 0 Å². The molecule has 1 N–H and O–H groups in total. The van der Waals surface area contributed by atoms with E-state index in [1.165, 1.54) is 16.9 Å². The first-order valence-electron chi connectivity index (χ1n) is 6.09. The molecule has 1 heterocycles. The number of hydrogen-bond donors (Lipinski definition) is 1. The number of rotatable bonds is 1. The van der Waals surface area contributed by atoms with E-state index in [0.29, 0.717) is 5.92 Å². The lowest BCUT2D eigenvalue weighted by molar-refractivity contribution is -0.0611. The maximum atomic E-state index is 10.9. The first kappa shape index (κ1) is 12.1. The highest BCUT2D eigenvalue weighted by Gasteiger charge is 2.43. The van der Waals surface area contributed by atoms with Crippen LogP contribution in [-0.2, 0) is 5.60 Å². The largest absolute Gasteiger partial charge is 0.384 e. The van der Waals surface area contributed by atoms with Gasteiger partial charge in [-0.15, -0.1) is 11.3 Å². The van der Waals surface area contributed by atoms with Crippen molar-refractivity contribution in [2.75, 3.05) is 0 Å². The van der Waals surface area contributed by atoms with Crippen molar-refractivity contribution in [3.05, 3.63) is 21.9 Å². The maximum Gasteiger partial charge on any atom is 0.0998 e. The molecule has 0 aromatic carbocycles. The van der Waals surface area contributed by atoms with Crippen molar-refractivity contribution in [3.8, 4) is 0 Å². The maximum absolute atomic E-state index is 10.9. The Morgan fingerprint density at radius 1 is 1.38 bits per heavy atom. The van der Waals surface area contributed by atoms with Crippen molar-refractivity contribution in [1.29, 1.82) is 0 Å². The Morgan fingerprint density at radius 3 is 2.56 bits per heavy atom. The summed E-state index contributed by atoms with van der Waals surface area (Å²) in [5.74, 6) is 0.607. The minimum absolute atomic E-state index is 0.253. The highest BCUT2D eigenvalue weighted by Crippen LogP contribution is 2.50. The average Bonchev–Trinajstić information content (AvgIpc) is 2.46. The Bertz CT molecular complexity index is 380. The van der Waals surface area contributed by atoms with Gasteiger partial charge in [0.2, 0.25) is 0 Å². The Labute approximate surface area is 103 Å². The topological polar surface area (TPSA) is 20.2 Å². The zero-order valence-electron chi connectivity index (χ0n) is 10.7. The van der Waals surface area contributed by atoms with E-state index < -0.39 is 5.60 Å². The molecule has 1 aliphatic carbocycles. The third-order valence-electron chi connectivity index (χ3n) is 3.64. The van der Waals surface area contributed by atoms with Crippen molar-refractivity contribution >= 4 is 11.3 Å². The molecule has 2 unspecified atom stereocenters. The average molecular weight is 238 g/mol. The molecule has 1 aromatic rings. The SMILES string of the molecule is Cc1ccsc1C1(O)CC(C)CC(C)(C)C1. The summed E-state index contributed by atoms with van der Waals surface area (Å²) in [6, 6.07) is 2.12. The van der Waals surface area contributed by atoms with Crippen LogP contribution in [0.3, 0.4) is 0 Å². The predicted molar refractivity (Wildman–Crippen MR) is 69.7 cm³/mol.